The van der Waals surface area contributed by atoms with E-state index in [0.717, 1.165) is 5.56 Å². The molecule has 0 unspecified atom stereocenters. The first-order valence-corrected chi connectivity index (χ1v) is 7.07. The number of carbonyl (C=O) groups excluding carboxylic acids is 1. The van der Waals surface area contributed by atoms with Gasteiger partial charge in [0.25, 0.3) is 0 Å². The van der Waals surface area contributed by atoms with E-state index in [-0.39, 0.29) is 0 Å². The second-order valence-electron chi connectivity index (χ2n) is 5.06. The molecule has 114 valence electrons. The second kappa shape index (κ2) is 7.41. The molecule has 2 atom stereocenters. The van der Waals surface area contributed by atoms with Gasteiger partial charge in [0.15, 0.2) is 0 Å². The fourth-order valence-electron chi connectivity index (χ4n) is 2.46. The minimum atomic E-state index is -1.01. The maximum Gasteiger partial charge on any atom is 0.314 e. The predicted molar refractivity (Wildman–Crippen MR) is 82.5 cm³/mol. The third kappa shape index (κ3) is 4.19. The van der Waals surface area contributed by atoms with Crippen LogP contribution in [0, 0.1) is 0 Å². The lowest BCUT2D eigenvalue weighted by Crippen LogP contribution is -2.32. The van der Waals surface area contributed by atoms with Crippen LogP contribution in [0.4, 0.5) is 0 Å². The van der Waals surface area contributed by atoms with Gasteiger partial charge in [0.2, 0.25) is 0 Å². The average molecular weight is 298 g/mol. The summed E-state index contributed by atoms with van der Waals surface area (Å²) in [6.07, 6.45) is -0.397. The SMILES string of the molecule is CC(=O)O[C@H](Cc1ccccc1)[C@H](C(=O)O)c1ccccc1. The van der Waals surface area contributed by atoms with E-state index in [4.69, 9.17) is 4.74 Å². The third-order valence-electron chi connectivity index (χ3n) is 3.39. The van der Waals surface area contributed by atoms with Crippen LogP contribution >= 0.6 is 0 Å². The standard InChI is InChI=1S/C18H18O4/c1-13(19)22-16(12-14-8-4-2-5-9-14)17(18(20)21)15-10-6-3-7-11-15/h2-11,16-17H,12H2,1H3,(H,20,21)/t16-,17-/m1/s1. The molecule has 0 amide bonds. The van der Waals surface area contributed by atoms with Gasteiger partial charge in [-0.05, 0) is 11.1 Å². The Morgan fingerprint density at radius 2 is 1.55 bits per heavy atom. The van der Waals surface area contributed by atoms with Gasteiger partial charge in [-0.3, -0.25) is 9.59 Å². The Morgan fingerprint density at radius 3 is 2.05 bits per heavy atom. The molecular formula is C18H18O4. The summed E-state index contributed by atoms with van der Waals surface area (Å²) in [6.45, 7) is 1.29. The van der Waals surface area contributed by atoms with Gasteiger partial charge in [0.05, 0.1) is 0 Å². The van der Waals surface area contributed by atoms with Gasteiger partial charge < -0.3 is 9.84 Å². The normalized spacial score (nSPS) is 13.1. The van der Waals surface area contributed by atoms with Crippen LogP contribution in [0.3, 0.4) is 0 Å². The molecule has 0 fully saturated rings. The van der Waals surface area contributed by atoms with Crippen molar-refractivity contribution in [2.75, 3.05) is 0 Å². The van der Waals surface area contributed by atoms with Gasteiger partial charge in [0.1, 0.15) is 12.0 Å². The van der Waals surface area contributed by atoms with E-state index in [1.54, 1.807) is 24.3 Å². The van der Waals surface area contributed by atoms with Crippen molar-refractivity contribution in [2.24, 2.45) is 0 Å². The highest BCUT2D eigenvalue weighted by molar-refractivity contribution is 5.78. The highest BCUT2D eigenvalue weighted by atomic mass is 16.5. The Balaban J connectivity index is 2.32. The summed E-state index contributed by atoms with van der Waals surface area (Å²) in [7, 11) is 0. The summed E-state index contributed by atoms with van der Waals surface area (Å²) in [5, 5.41) is 9.60. The Kier molecular flexibility index (Phi) is 5.31. The lowest BCUT2D eigenvalue weighted by atomic mass is 9.89. The molecule has 4 nitrogen and oxygen atoms in total. The van der Waals surface area contributed by atoms with Crippen LogP contribution in [0.5, 0.6) is 0 Å². The molecule has 1 N–H and O–H groups in total. The van der Waals surface area contributed by atoms with Crippen LogP contribution in [0.15, 0.2) is 60.7 Å². The minimum absolute atomic E-state index is 0.353. The van der Waals surface area contributed by atoms with Crippen molar-refractivity contribution < 1.29 is 19.4 Å². The van der Waals surface area contributed by atoms with Crippen molar-refractivity contribution in [1.82, 2.24) is 0 Å². The summed E-state index contributed by atoms with van der Waals surface area (Å²) in [6, 6.07) is 18.3. The Morgan fingerprint density at radius 1 is 1.00 bits per heavy atom. The predicted octanol–water partition coefficient (Wildman–Crippen LogP) is 3.03. The van der Waals surface area contributed by atoms with E-state index in [9.17, 15) is 14.7 Å². The number of rotatable bonds is 6. The highest BCUT2D eigenvalue weighted by Gasteiger charge is 2.32. The number of hydrogen-bond donors (Lipinski definition) is 1. The molecule has 2 aromatic carbocycles. The number of benzene rings is 2. The number of carbonyl (C=O) groups is 2. The number of carboxylic acid groups (broad SMARTS) is 1. The summed E-state index contributed by atoms with van der Waals surface area (Å²) in [5.41, 5.74) is 1.55. The van der Waals surface area contributed by atoms with Crippen molar-refractivity contribution in [3.05, 3.63) is 71.8 Å². The molecule has 22 heavy (non-hydrogen) atoms. The molecule has 0 aliphatic rings. The van der Waals surface area contributed by atoms with Crippen molar-refractivity contribution >= 4 is 11.9 Å². The largest absolute Gasteiger partial charge is 0.481 e. The van der Waals surface area contributed by atoms with Crippen LogP contribution in [0.2, 0.25) is 0 Å². The lowest BCUT2D eigenvalue weighted by Gasteiger charge is -2.24. The maximum atomic E-state index is 11.7. The molecule has 0 bridgehead atoms. The van der Waals surface area contributed by atoms with Gasteiger partial charge in [0, 0.05) is 13.3 Å². The van der Waals surface area contributed by atoms with Crippen molar-refractivity contribution in [2.45, 2.75) is 25.4 Å². The molecule has 2 aromatic rings. The third-order valence-corrected chi connectivity index (χ3v) is 3.39. The van der Waals surface area contributed by atoms with Gasteiger partial charge in [-0.15, -0.1) is 0 Å². The van der Waals surface area contributed by atoms with Gasteiger partial charge in [-0.1, -0.05) is 60.7 Å². The number of esters is 1. The fourth-order valence-corrected chi connectivity index (χ4v) is 2.46. The molecule has 2 rings (SSSR count). The fraction of sp³-hybridized carbons (Fsp3) is 0.222. The van der Waals surface area contributed by atoms with Crippen LogP contribution in [0.25, 0.3) is 0 Å². The second-order valence-corrected chi connectivity index (χ2v) is 5.06. The van der Waals surface area contributed by atoms with Crippen molar-refractivity contribution in [1.29, 1.82) is 0 Å². The van der Waals surface area contributed by atoms with Crippen LogP contribution in [-0.4, -0.2) is 23.1 Å². The molecule has 0 aliphatic carbocycles. The van der Waals surface area contributed by atoms with E-state index < -0.39 is 24.0 Å². The molecule has 0 saturated carbocycles. The van der Waals surface area contributed by atoms with Crippen molar-refractivity contribution in [3.8, 4) is 0 Å². The van der Waals surface area contributed by atoms with Crippen LogP contribution in [-0.2, 0) is 20.7 Å². The number of ether oxygens (including phenoxy) is 1. The van der Waals surface area contributed by atoms with E-state index in [2.05, 4.69) is 0 Å². The van der Waals surface area contributed by atoms with Crippen LogP contribution in [0.1, 0.15) is 24.0 Å². The van der Waals surface area contributed by atoms with E-state index in [0.29, 0.717) is 12.0 Å². The Bertz CT molecular complexity index is 622. The Hall–Kier alpha value is -2.62. The first kappa shape index (κ1) is 15.8. The van der Waals surface area contributed by atoms with E-state index in [1.807, 2.05) is 36.4 Å². The molecular weight excluding hydrogens is 280 g/mol. The average Bonchev–Trinajstić information content (AvgIpc) is 2.48. The zero-order valence-electron chi connectivity index (χ0n) is 12.3. The number of hydrogen-bond acceptors (Lipinski definition) is 3. The zero-order valence-corrected chi connectivity index (χ0v) is 12.3. The molecule has 0 aliphatic heterocycles. The van der Waals surface area contributed by atoms with Crippen molar-refractivity contribution in [3.63, 3.8) is 0 Å². The summed E-state index contributed by atoms with van der Waals surface area (Å²) in [5.74, 6) is -2.39. The maximum absolute atomic E-state index is 11.7. The van der Waals surface area contributed by atoms with E-state index >= 15 is 0 Å². The molecule has 0 saturated heterocycles. The molecule has 0 aromatic heterocycles. The van der Waals surface area contributed by atoms with Gasteiger partial charge in [-0.25, -0.2) is 0 Å². The zero-order chi connectivity index (χ0) is 15.9. The van der Waals surface area contributed by atoms with Crippen LogP contribution < -0.4 is 0 Å². The molecule has 0 heterocycles. The quantitative estimate of drug-likeness (QED) is 0.833. The smallest absolute Gasteiger partial charge is 0.314 e. The lowest BCUT2D eigenvalue weighted by molar-refractivity contribution is -0.152. The first-order chi connectivity index (χ1) is 10.6. The first-order valence-electron chi connectivity index (χ1n) is 7.07. The summed E-state index contributed by atoms with van der Waals surface area (Å²) in [4.78, 5) is 23.1. The monoisotopic (exact) mass is 298 g/mol. The Labute approximate surface area is 129 Å². The summed E-state index contributed by atoms with van der Waals surface area (Å²) < 4.78 is 5.31. The highest BCUT2D eigenvalue weighted by Crippen LogP contribution is 2.25. The molecule has 0 spiro atoms. The minimum Gasteiger partial charge on any atom is -0.481 e. The number of carboxylic acids is 1. The van der Waals surface area contributed by atoms with Gasteiger partial charge in [-0.2, -0.15) is 0 Å². The molecule has 0 radical (unpaired) electrons. The number of aliphatic carboxylic acids is 1. The topological polar surface area (TPSA) is 63.6 Å². The van der Waals surface area contributed by atoms with E-state index in [1.165, 1.54) is 6.92 Å². The molecule has 4 heteroatoms. The summed E-state index contributed by atoms with van der Waals surface area (Å²) >= 11 is 0. The van der Waals surface area contributed by atoms with Gasteiger partial charge >= 0.3 is 11.9 Å².